The van der Waals surface area contributed by atoms with E-state index < -0.39 is 32.3 Å². The quantitative estimate of drug-likeness (QED) is 0.890. The highest BCUT2D eigenvalue weighted by molar-refractivity contribution is 9.10. The Bertz CT molecular complexity index is 781. The van der Waals surface area contributed by atoms with Crippen molar-refractivity contribution in [1.82, 2.24) is 0 Å². The van der Waals surface area contributed by atoms with Gasteiger partial charge in [-0.3, -0.25) is 0 Å². The van der Waals surface area contributed by atoms with Gasteiger partial charge in [-0.15, -0.1) is 0 Å². The van der Waals surface area contributed by atoms with E-state index in [1.165, 1.54) is 0 Å². The standard InChI is InChI=1S/C13H10BrF2NO3S/c14-10-4-2-1-3-8(10)7-20-13-11(16)5-9(15)6-12(13)21(17,18)19/h1-6H,7H2,(H2,17,18,19). The summed E-state index contributed by atoms with van der Waals surface area (Å²) < 4.78 is 55.6. The topological polar surface area (TPSA) is 69.4 Å². The first-order valence-corrected chi connectivity index (χ1v) is 8.01. The van der Waals surface area contributed by atoms with Crippen LogP contribution in [0.15, 0.2) is 45.8 Å². The van der Waals surface area contributed by atoms with Crippen molar-refractivity contribution in [1.29, 1.82) is 0 Å². The highest BCUT2D eigenvalue weighted by Gasteiger charge is 2.21. The number of hydrogen-bond donors (Lipinski definition) is 1. The Balaban J connectivity index is 2.39. The minimum atomic E-state index is -4.31. The zero-order valence-electron chi connectivity index (χ0n) is 10.5. The monoisotopic (exact) mass is 377 g/mol. The summed E-state index contributed by atoms with van der Waals surface area (Å²) in [6.07, 6.45) is 0. The normalized spacial score (nSPS) is 11.4. The summed E-state index contributed by atoms with van der Waals surface area (Å²) in [4.78, 5) is -0.730. The molecular weight excluding hydrogens is 368 g/mol. The number of hydrogen-bond acceptors (Lipinski definition) is 3. The van der Waals surface area contributed by atoms with E-state index in [-0.39, 0.29) is 6.61 Å². The van der Waals surface area contributed by atoms with E-state index in [9.17, 15) is 17.2 Å². The molecule has 0 heterocycles. The predicted octanol–water partition coefficient (Wildman–Crippen LogP) is 2.95. The third kappa shape index (κ3) is 3.78. The Morgan fingerprint density at radius 2 is 1.86 bits per heavy atom. The molecule has 0 aliphatic carbocycles. The molecule has 0 saturated carbocycles. The summed E-state index contributed by atoms with van der Waals surface area (Å²) >= 11 is 3.28. The Morgan fingerprint density at radius 1 is 1.19 bits per heavy atom. The lowest BCUT2D eigenvalue weighted by Crippen LogP contribution is -2.15. The zero-order chi connectivity index (χ0) is 15.6. The van der Waals surface area contributed by atoms with E-state index in [1.54, 1.807) is 24.3 Å². The van der Waals surface area contributed by atoms with Crippen molar-refractivity contribution in [3.63, 3.8) is 0 Å². The maximum absolute atomic E-state index is 13.7. The van der Waals surface area contributed by atoms with Crippen LogP contribution in [0.2, 0.25) is 0 Å². The molecule has 21 heavy (non-hydrogen) atoms. The van der Waals surface area contributed by atoms with Crippen LogP contribution in [0.1, 0.15) is 5.56 Å². The first kappa shape index (κ1) is 15.9. The molecule has 0 radical (unpaired) electrons. The minimum absolute atomic E-state index is 0.105. The summed E-state index contributed by atoms with van der Waals surface area (Å²) in [6, 6.07) is 8.13. The van der Waals surface area contributed by atoms with Crippen LogP contribution in [0.25, 0.3) is 0 Å². The van der Waals surface area contributed by atoms with Gasteiger partial charge in [0.1, 0.15) is 17.3 Å². The fourth-order valence-corrected chi connectivity index (χ4v) is 2.74. The smallest absolute Gasteiger partial charge is 0.241 e. The number of benzene rings is 2. The van der Waals surface area contributed by atoms with Crippen molar-refractivity contribution in [2.24, 2.45) is 5.14 Å². The van der Waals surface area contributed by atoms with Crippen LogP contribution in [0.3, 0.4) is 0 Å². The van der Waals surface area contributed by atoms with Gasteiger partial charge in [-0.05, 0) is 12.1 Å². The van der Waals surface area contributed by atoms with Gasteiger partial charge in [0.2, 0.25) is 10.0 Å². The van der Waals surface area contributed by atoms with Crippen molar-refractivity contribution in [3.05, 3.63) is 58.1 Å². The number of nitrogens with two attached hydrogens (primary N) is 1. The molecule has 2 aromatic rings. The second-order valence-corrected chi connectivity index (χ2v) is 6.52. The molecule has 0 aliphatic heterocycles. The number of sulfonamides is 1. The Hall–Kier alpha value is -1.51. The molecule has 2 rings (SSSR count). The maximum Gasteiger partial charge on any atom is 0.241 e. The average Bonchev–Trinajstić information content (AvgIpc) is 2.37. The number of primary sulfonamides is 1. The molecule has 0 saturated heterocycles. The average molecular weight is 378 g/mol. The summed E-state index contributed by atoms with van der Waals surface area (Å²) in [5.74, 6) is -2.79. The molecule has 0 aliphatic rings. The van der Waals surface area contributed by atoms with E-state index in [4.69, 9.17) is 9.88 Å². The van der Waals surface area contributed by atoms with E-state index in [1.807, 2.05) is 0 Å². The van der Waals surface area contributed by atoms with Gasteiger partial charge in [0.25, 0.3) is 0 Å². The van der Waals surface area contributed by atoms with E-state index >= 15 is 0 Å². The van der Waals surface area contributed by atoms with Gasteiger partial charge in [0.15, 0.2) is 11.6 Å². The van der Waals surface area contributed by atoms with Crippen molar-refractivity contribution in [2.75, 3.05) is 0 Å². The Kier molecular flexibility index (Phi) is 4.60. The second kappa shape index (κ2) is 6.08. The number of halogens is 3. The van der Waals surface area contributed by atoms with Crippen molar-refractivity contribution >= 4 is 26.0 Å². The highest BCUT2D eigenvalue weighted by atomic mass is 79.9. The van der Waals surface area contributed by atoms with Crippen LogP contribution >= 0.6 is 15.9 Å². The van der Waals surface area contributed by atoms with Crippen LogP contribution in [-0.2, 0) is 16.6 Å². The molecule has 2 aromatic carbocycles. The van der Waals surface area contributed by atoms with Crippen LogP contribution in [-0.4, -0.2) is 8.42 Å². The third-order valence-corrected chi connectivity index (χ3v) is 4.30. The summed E-state index contributed by atoms with van der Waals surface area (Å²) in [5, 5.41) is 4.94. The van der Waals surface area contributed by atoms with Gasteiger partial charge in [-0.25, -0.2) is 22.3 Å². The molecule has 0 atom stereocenters. The van der Waals surface area contributed by atoms with E-state index in [0.717, 1.165) is 0 Å². The minimum Gasteiger partial charge on any atom is -0.484 e. The van der Waals surface area contributed by atoms with Crippen molar-refractivity contribution in [2.45, 2.75) is 11.5 Å². The van der Waals surface area contributed by atoms with E-state index in [0.29, 0.717) is 22.2 Å². The number of rotatable bonds is 4. The molecule has 0 amide bonds. The predicted molar refractivity (Wildman–Crippen MR) is 76.2 cm³/mol. The lowest BCUT2D eigenvalue weighted by Gasteiger charge is -2.12. The molecule has 0 fully saturated rings. The Labute approximate surface area is 128 Å². The SMILES string of the molecule is NS(=O)(=O)c1cc(F)cc(F)c1OCc1ccccc1Br. The lowest BCUT2D eigenvalue weighted by molar-refractivity contribution is 0.279. The molecular formula is C13H10BrF2NO3S. The highest BCUT2D eigenvalue weighted by Crippen LogP contribution is 2.29. The Morgan fingerprint density at radius 3 is 2.48 bits per heavy atom. The van der Waals surface area contributed by atoms with Gasteiger partial charge in [-0.1, -0.05) is 34.1 Å². The van der Waals surface area contributed by atoms with Crippen LogP contribution in [0.4, 0.5) is 8.78 Å². The van der Waals surface area contributed by atoms with Gasteiger partial charge < -0.3 is 4.74 Å². The van der Waals surface area contributed by atoms with Crippen molar-refractivity contribution in [3.8, 4) is 5.75 Å². The van der Waals surface area contributed by atoms with Gasteiger partial charge in [0.05, 0.1) is 0 Å². The third-order valence-electron chi connectivity index (χ3n) is 2.61. The van der Waals surface area contributed by atoms with Gasteiger partial charge in [-0.2, -0.15) is 0 Å². The molecule has 0 bridgehead atoms. The second-order valence-electron chi connectivity index (χ2n) is 4.14. The van der Waals surface area contributed by atoms with Crippen LogP contribution < -0.4 is 9.88 Å². The maximum atomic E-state index is 13.7. The van der Waals surface area contributed by atoms with Crippen molar-refractivity contribution < 1.29 is 21.9 Å². The first-order valence-electron chi connectivity index (χ1n) is 5.67. The zero-order valence-corrected chi connectivity index (χ0v) is 12.9. The molecule has 0 unspecified atom stereocenters. The first-order chi connectivity index (χ1) is 9.79. The molecule has 8 heteroatoms. The number of ether oxygens (including phenoxy) is 1. The summed E-state index contributed by atoms with van der Waals surface area (Å²) in [7, 11) is -4.31. The molecule has 0 spiro atoms. The van der Waals surface area contributed by atoms with Crippen LogP contribution in [0.5, 0.6) is 5.75 Å². The fraction of sp³-hybridized carbons (Fsp3) is 0.0769. The summed E-state index contributed by atoms with van der Waals surface area (Å²) in [5.41, 5.74) is 0.668. The van der Waals surface area contributed by atoms with Gasteiger partial charge in [0, 0.05) is 16.1 Å². The molecule has 0 aromatic heterocycles. The fourth-order valence-electron chi connectivity index (χ4n) is 1.65. The summed E-state index contributed by atoms with van der Waals surface area (Å²) in [6.45, 7) is -0.105. The molecule has 2 N–H and O–H groups in total. The lowest BCUT2D eigenvalue weighted by atomic mass is 10.2. The van der Waals surface area contributed by atoms with Gasteiger partial charge >= 0.3 is 0 Å². The van der Waals surface area contributed by atoms with Crippen LogP contribution in [0, 0.1) is 11.6 Å². The largest absolute Gasteiger partial charge is 0.484 e. The molecule has 112 valence electrons. The molecule has 4 nitrogen and oxygen atoms in total. The van der Waals surface area contributed by atoms with E-state index in [2.05, 4.69) is 15.9 Å².